The van der Waals surface area contributed by atoms with Crippen molar-refractivity contribution in [3.63, 3.8) is 0 Å². The molecule has 1 nitrogen and oxygen atoms in total. The molecule has 0 bridgehead atoms. The van der Waals surface area contributed by atoms with Crippen LogP contribution in [0.2, 0.25) is 0 Å². The minimum absolute atomic E-state index is 0.306. The van der Waals surface area contributed by atoms with Gasteiger partial charge in [-0.25, -0.2) is 0 Å². The molecule has 0 rings (SSSR count). The molecule has 0 aliphatic carbocycles. The van der Waals surface area contributed by atoms with Gasteiger partial charge in [0.15, 0.2) is 0 Å². The quantitative estimate of drug-likeness (QED) is 0.363. The summed E-state index contributed by atoms with van der Waals surface area (Å²) in [6.45, 7) is 3.88. The standard InChI is InChI=1S/C10H16O/c1-2-3-4-5-6-7-8-9-10-11/h2,11H,1,3,6-10H2. The van der Waals surface area contributed by atoms with Crippen molar-refractivity contribution in [2.45, 2.75) is 32.1 Å². The van der Waals surface area contributed by atoms with E-state index in [1.807, 2.05) is 0 Å². The van der Waals surface area contributed by atoms with Crippen LogP contribution in [-0.2, 0) is 0 Å². The van der Waals surface area contributed by atoms with Gasteiger partial charge in [-0.2, -0.15) is 0 Å². The smallest absolute Gasteiger partial charge is 0.0431 e. The average molecular weight is 152 g/mol. The van der Waals surface area contributed by atoms with Gasteiger partial charge < -0.3 is 5.11 Å². The minimum Gasteiger partial charge on any atom is -0.396 e. The zero-order chi connectivity index (χ0) is 8.36. The minimum atomic E-state index is 0.306. The highest BCUT2D eigenvalue weighted by atomic mass is 16.2. The monoisotopic (exact) mass is 152 g/mol. The summed E-state index contributed by atoms with van der Waals surface area (Å²) in [6, 6.07) is 0. The first-order valence-corrected chi connectivity index (χ1v) is 4.09. The summed E-state index contributed by atoms with van der Waals surface area (Å²) < 4.78 is 0. The van der Waals surface area contributed by atoms with Crippen LogP contribution >= 0.6 is 0 Å². The molecule has 0 unspecified atom stereocenters. The molecule has 11 heavy (non-hydrogen) atoms. The van der Waals surface area contributed by atoms with E-state index in [1.165, 1.54) is 0 Å². The van der Waals surface area contributed by atoms with Crippen molar-refractivity contribution < 1.29 is 5.11 Å². The van der Waals surface area contributed by atoms with E-state index in [2.05, 4.69) is 18.4 Å². The van der Waals surface area contributed by atoms with Gasteiger partial charge >= 0.3 is 0 Å². The Labute approximate surface area is 69.1 Å². The predicted octanol–water partition coefficient (Wildman–Crippen LogP) is 2.12. The van der Waals surface area contributed by atoms with Gasteiger partial charge in [-0.3, -0.25) is 0 Å². The summed E-state index contributed by atoms with van der Waals surface area (Å²) >= 11 is 0. The van der Waals surface area contributed by atoms with Gasteiger partial charge in [0, 0.05) is 19.4 Å². The number of unbranched alkanes of at least 4 members (excludes halogenated alkanes) is 3. The molecular weight excluding hydrogens is 136 g/mol. The van der Waals surface area contributed by atoms with E-state index in [1.54, 1.807) is 6.08 Å². The molecule has 62 valence electrons. The van der Waals surface area contributed by atoms with Crippen molar-refractivity contribution in [1.82, 2.24) is 0 Å². The van der Waals surface area contributed by atoms with E-state index >= 15 is 0 Å². The fourth-order valence-electron chi connectivity index (χ4n) is 0.735. The molecule has 0 radical (unpaired) electrons. The molecule has 0 aromatic carbocycles. The number of hydrogen-bond donors (Lipinski definition) is 1. The van der Waals surface area contributed by atoms with Gasteiger partial charge in [-0.05, 0) is 12.8 Å². The van der Waals surface area contributed by atoms with Crippen LogP contribution in [0.25, 0.3) is 0 Å². The summed E-state index contributed by atoms with van der Waals surface area (Å²) in [4.78, 5) is 0. The van der Waals surface area contributed by atoms with E-state index < -0.39 is 0 Å². The first-order valence-electron chi connectivity index (χ1n) is 4.09. The number of hydrogen-bond acceptors (Lipinski definition) is 1. The second-order valence-electron chi connectivity index (χ2n) is 2.38. The largest absolute Gasteiger partial charge is 0.396 e. The highest BCUT2D eigenvalue weighted by molar-refractivity contribution is 5.02. The lowest BCUT2D eigenvalue weighted by Gasteiger charge is -1.91. The Morgan fingerprint density at radius 1 is 1.18 bits per heavy atom. The maximum atomic E-state index is 8.46. The lowest BCUT2D eigenvalue weighted by Crippen LogP contribution is -1.81. The molecule has 0 aliphatic heterocycles. The number of allylic oxidation sites excluding steroid dienone is 1. The Hall–Kier alpha value is -0.740. The van der Waals surface area contributed by atoms with E-state index in [-0.39, 0.29) is 0 Å². The van der Waals surface area contributed by atoms with E-state index in [9.17, 15) is 0 Å². The van der Waals surface area contributed by atoms with Crippen LogP contribution in [0, 0.1) is 11.8 Å². The van der Waals surface area contributed by atoms with Crippen molar-refractivity contribution >= 4 is 0 Å². The molecule has 0 aromatic rings. The molecule has 0 fully saturated rings. The highest BCUT2D eigenvalue weighted by Gasteiger charge is 1.83. The van der Waals surface area contributed by atoms with Gasteiger partial charge in [-0.1, -0.05) is 18.4 Å². The SMILES string of the molecule is C=CCC#CCCCCCO. The molecule has 0 amide bonds. The summed E-state index contributed by atoms with van der Waals surface area (Å²) in [6.07, 6.45) is 6.64. The highest BCUT2D eigenvalue weighted by Crippen LogP contribution is 1.97. The first kappa shape index (κ1) is 10.3. The second-order valence-corrected chi connectivity index (χ2v) is 2.38. The fourth-order valence-corrected chi connectivity index (χ4v) is 0.735. The number of rotatable bonds is 5. The molecule has 0 saturated carbocycles. The molecule has 0 aliphatic rings. The van der Waals surface area contributed by atoms with Crippen LogP contribution in [0.4, 0.5) is 0 Å². The lowest BCUT2D eigenvalue weighted by molar-refractivity contribution is 0.283. The van der Waals surface area contributed by atoms with Crippen molar-refractivity contribution in [3.05, 3.63) is 12.7 Å². The Balaban J connectivity index is 3.02. The van der Waals surface area contributed by atoms with Crippen molar-refractivity contribution in [2.75, 3.05) is 6.61 Å². The van der Waals surface area contributed by atoms with E-state index in [0.717, 1.165) is 32.1 Å². The van der Waals surface area contributed by atoms with Crippen LogP contribution in [0.15, 0.2) is 12.7 Å². The van der Waals surface area contributed by atoms with Gasteiger partial charge in [0.05, 0.1) is 0 Å². The Kier molecular flexibility index (Phi) is 8.64. The Bertz CT molecular complexity index is 139. The van der Waals surface area contributed by atoms with Crippen LogP contribution in [-0.4, -0.2) is 11.7 Å². The maximum Gasteiger partial charge on any atom is 0.0431 e. The summed E-state index contributed by atoms with van der Waals surface area (Å²) in [5.41, 5.74) is 0. The summed E-state index contributed by atoms with van der Waals surface area (Å²) in [7, 11) is 0. The molecule has 1 heteroatoms. The normalized spacial score (nSPS) is 8.45. The van der Waals surface area contributed by atoms with Crippen LogP contribution in [0.5, 0.6) is 0 Å². The van der Waals surface area contributed by atoms with Gasteiger partial charge in [-0.15, -0.1) is 12.5 Å². The third-order valence-corrected chi connectivity index (χ3v) is 1.33. The molecule has 0 aromatic heterocycles. The molecular formula is C10H16O. The van der Waals surface area contributed by atoms with E-state index in [4.69, 9.17) is 5.11 Å². The third-order valence-electron chi connectivity index (χ3n) is 1.33. The number of aliphatic hydroxyl groups excluding tert-OH is 1. The Morgan fingerprint density at radius 2 is 2.00 bits per heavy atom. The van der Waals surface area contributed by atoms with Crippen molar-refractivity contribution in [1.29, 1.82) is 0 Å². The molecule has 0 spiro atoms. The van der Waals surface area contributed by atoms with Crippen LogP contribution in [0.1, 0.15) is 32.1 Å². The first-order chi connectivity index (χ1) is 5.41. The van der Waals surface area contributed by atoms with E-state index in [0.29, 0.717) is 6.61 Å². The topological polar surface area (TPSA) is 20.2 Å². The van der Waals surface area contributed by atoms with Gasteiger partial charge in [0.25, 0.3) is 0 Å². The molecule has 0 heterocycles. The zero-order valence-corrected chi connectivity index (χ0v) is 6.97. The van der Waals surface area contributed by atoms with Crippen LogP contribution < -0.4 is 0 Å². The molecule has 1 N–H and O–H groups in total. The maximum absolute atomic E-state index is 8.46. The summed E-state index contributed by atoms with van der Waals surface area (Å²) in [5, 5.41) is 8.46. The predicted molar refractivity (Wildman–Crippen MR) is 48.1 cm³/mol. The van der Waals surface area contributed by atoms with Crippen molar-refractivity contribution in [2.24, 2.45) is 0 Å². The average Bonchev–Trinajstić information content (AvgIpc) is 2.03. The molecule has 0 saturated heterocycles. The Morgan fingerprint density at radius 3 is 2.64 bits per heavy atom. The summed E-state index contributed by atoms with van der Waals surface area (Å²) in [5.74, 6) is 6.02. The third kappa shape index (κ3) is 9.26. The van der Waals surface area contributed by atoms with Gasteiger partial charge in [0.1, 0.15) is 0 Å². The molecule has 0 atom stereocenters. The fraction of sp³-hybridized carbons (Fsp3) is 0.600. The second kappa shape index (κ2) is 9.26. The lowest BCUT2D eigenvalue weighted by atomic mass is 10.2. The van der Waals surface area contributed by atoms with Gasteiger partial charge in [0.2, 0.25) is 0 Å². The van der Waals surface area contributed by atoms with Crippen LogP contribution in [0.3, 0.4) is 0 Å². The zero-order valence-electron chi connectivity index (χ0n) is 6.97. The van der Waals surface area contributed by atoms with Crippen molar-refractivity contribution in [3.8, 4) is 11.8 Å². The number of aliphatic hydroxyl groups is 1.